The standard InChI is InChI=1S/C21H17F3N4O4/c22-21(23,24)14-7-5-13(6-8-14)19-26-17(20(29)27-11-9-25-10-12-27)18(32-19)15-3-1-2-4-16(15)28(30)31/h1-8,25H,9-12H2. The summed E-state index contributed by atoms with van der Waals surface area (Å²) >= 11 is 0. The Balaban J connectivity index is 1.82. The molecule has 1 amide bonds. The molecule has 32 heavy (non-hydrogen) atoms. The van der Waals surface area contributed by atoms with Gasteiger partial charge >= 0.3 is 6.18 Å². The van der Waals surface area contributed by atoms with Gasteiger partial charge in [-0.2, -0.15) is 13.2 Å². The average Bonchev–Trinajstić information content (AvgIpc) is 3.24. The molecule has 1 aromatic heterocycles. The van der Waals surface area contributed by atoms with Crippen LogP contribution >= 0.6 is 0 Å². The number of amides is 1. The van der Waals surface area contributed by atoms with Crippen LogP contribution in [0.15, 0.2) is 52.9 Å². The van der Waals surface area contributed by atoms with Gasteiger partial charge in [-0.15, -0.1) is 0 Å². The van der Waals surface area contributed by atoms with E-state index in [1.165, 1.54) is 30.3 Å². The number of nitrogens with zero attached hydrogens (tertiary/aromatic N) is 3. The van der Waals surface area contributed by atoms with Crippen molar-refractivity contribution in [1.29, 1.82) is 0 Å². The Morgan fingerprint density at radius 1 is 1.09 bits per heavy atom. The number of hydrogen-bond donors (Lipinski definition) is 1. The lowest BCUT2D eigenvalue weighted by Gasteiger charge is -2.26. The van der Waals surface area contributed by atoms with Gasteiger partial charge < -0.3 is 14.6 Å². The van der Waals surface area contributed by atoms with Crippen molar-refractivity contribution in [2.45, 2.75) is 6.18 Å². The van der Waals surface area contributed by atoms with Crippen LogP contribution in [0.2, 0.25) is 0 Å². The third-order valence-electron chi connectivity index (χ3n) is 5.04. The van der Waals surface area contributed by atoms with Crippen molar-refractivity contribution in [3.05, 3.63) is 69.9 Å². The first-order chi connectivity index (χ1) is 15.3. The maximum atomic E-state index is 13.2. The van der Waals surface area contributed by atoms with Gasteiger partial charge in [0.2, 0.25) is 5.89 Å². The van der Waals surface area contributed by atoms with E-state index in [-0.39, 0.29) is 34.2 Å². The Hall–Kier alpha value is -3.73. The number of nitro benzene ring substituents is 1. The second-order valence-corrected chi connectivity index (χ2v) is 7.09. The van der Waals surface area contributed by atoms with Crippen molar-refractivity contribution in [3.8, 4) is 22.8 Å². The molecule has 0 saturated carbocycles. The van der Waals surface area contributed by atoms with Crippen molar-refractivity contribution < 1.29 is 27.3 Å². The number of rotatable bonds is 4. The molecule has 0 atom stereocenters. The zero-order valence-electron chi connectivity index (χ0n) is 16.6. The zero-order chi connectivity index (χ0) is 22.9. The Labute approximate surface area is 179 Å². The van der Waals surface area contributed by atoms with E-state index in [4.69, 9.17) is 4.42 Å². The van der Waals surface area contributed by atoms with Crippen LogP contribution in [0.1, 0.15) is 16.1 Å². The molecule has 4 rings (SSSR count). The van der Waals surface area contributed by atoms with Crippen molar-refractivity contribution in [2.75, 3.05) is 26.2 Å². The van der Waals surface area contributed by atoms with Gasteiger partial charge in [0.05, 0.1) is 16.1 Å². The molecule has 2 aromatic carbocycles. The van der Waals surface area contributed by atoms with Gasteiger partial charge in [0.25, 0.3) is 11.6 Å². The summed E-state index contributed by atoms with van der Waals surface area (Å²) in [7, 11) is 0. The van der Waals surface area contributed by atoms with Gasteiger partial charge in [-0.25, -0.2) is 4.98 Å². The number of alkyl halides is 3. The van der Waals surface area contributed by atoms with Crippen LogP contribution in [0.4, 0.5) is 18.9 Å². The fraction of sp³-hybridized carbons (Fsp3) is 0.238. The monoisotopic (exact) mass is 446 g/mol. The number of hydrogen-bond acceptors (Lipinski definition) is 6. The Morgan fingerprint density at radius 2 is 1.75 bits per heavy atom. The highest BCUT2D eigenvalue weighted by atomic mass is 19.4. The van der Waals surface area contributed by atoms with Crippen molar-refractivity contribution in [3.63, 3.8) is 0 Å². The first kappa shape index (κ1) is 21.5. The minimum atomic E-state index is -4.51. The molecule has 0 bridgehead atoms. The third kappa shape index (κ3) is 4.19. The highest BCUT2D eigenvalue weighted by Gasteiger charge is 2.32. The lowest BCUT2D eigenvalue weighted by atomic mass is 10.1. The number of halogens is 3. The number of carbonyl (C=O) groups excluding carboxylic acids is 1. The molecule has 0 unspecified atom stereocenters. The Kier molecular flexibility index (Phi) is 5.66. The summed E-state index contributed by atoms with van der Waals surface area (Å²) in [4.78, 5) is 29.9. The highest BCUT2D eigenvalue weighted by Crippen LogP contribution is 2.37. The average molecular weight is 446 g/mol. The van der Waals surface area contributed by atoms with Gasteiger partial charge in [-0.05, 0) is 30.3 Å². The molecule has 0 radical (unpaired) electrons. The molecular weight excluding hydrogens is 429 g/mol. The summed E-state index contributed by atoms with van der Waals surface area (Å²) in [6.07, 6.45) is -4.51. The van der Waals surface area contributed by atoms with E-state index in [1.807, 2.05) is 0 Å². The highest BCUT2D eigenvalue weighted by molar-refractivity contribution is 5.99. The molecule has 3 aromatic rings. The van der Waals surface area contributed by atoms with E-state index in [1.54, 1.807) is 11.0 Å². The fourth-order valence-corrected chi connectivity index (χ4v) is 3.42. The number of carbonyl (C=O) groups is 1. The molecule has 0 aliphatic carbocycles. The van der Waals surface area contributed by atoms with E-state index in [9.17, 15) is 28.1 Å². The fourth-order valence-electron chi connectivity index (χ4n) is 3.42. The molecule has 11 heteroatoms. The second kappa shape index (κ2) is 8.42. The summed E-state index contributed by atoms with van der Waals surface area (Å²) < 4.78 is 44.4. The maximum Gasteiger partial charge on any atom is 0.416 e. The quantitative estimate of drug-likeness (QED) is 0.481. The van der Waals surface area contributed by atoms with Crippen molar-refractivity contribution in [1.82, 2.24) is 15.2 Å². The molecule has 1 fully saturated rings. The van der Waals surface area contributed by atoms with Crippen LogP contribution in [0, 0.1) is 10.1 Å². The van der Waals surface area contributed by atoms with Crippen LogP contribution in [-0.4, -0.2) is 46.9 Å². The van der Waals surface area contributed by atoms with Gasteiger partial charge in [0, 0.05) is 37.8 Å². The number of aromatic nitrogens is 1. The number of piperazine rings is 1. The molecule has 166 valence electrons. The SMILES string of the molecule is O=C(c1nc(-c2ccc(C(F)(F)F)cc2)oc1-c1ccccc1[N+](=O)[O-])N1CCNCC1. The predicted octanol–water partition coefficient (Wildman–Crippen LogP) is 3.98. The molecule has 8 nitrogen and oxygen atoms in total. The molecule has 0 spiro atoms. The van der Waals surface area contributed by atoms with Crippen LogP contribution in [0.3, 0.4) is 0 Å². The third-order valence-corrected chi connectivity index (χ3v) is 5.04. The van der Waals surface area contributed by atoms with Crippen LogP contribution < -0.4 is 5.32 Å². The molecule has 1 saturated heterocycles. The molecular formula is C21H17F3N4O4. The number of benzene rings is 2. The first-order valence-electron chi connectivity index (χ1n) is 9.68. The van der Waals surface area contributed by atoms with Gasteiger partial charge in [0.1, 0.15) is 0 Å². The van der Waals surface area contributed by atoms with Gasteiger partial charge in [-0.1, -0.05) is 12.1 Å². The van der Waals surface area contributed by atoms with Crippen LogP contribution in [-0.2, 0) is 6.18 Å². The second-order valence-electron chi connectivity index (χ2n) is 7.09. The van der Waals surface area contributed by atoms with E-state index in [0.717, 1.165) is 12.1 Å². The minimum Gasteiger partial charge on any atom is -0.435 e. The minimum absolute atomic E-state index is 0.0571. The smallest absolute Gasteiger partial charge is 0.416 e. The predicted molar refractivity (Wildman–Crippen MR) is 108 cm³/mol. The van der Waals surface area contributed by atoms with Crippen molar-refractivity contribution in [2.24, 2.45) is 0 Å². The maximum absolute atomic E-state index is 13.2. The van der Waals surface area contributed by atoms with Crippen molar-refractivity contribution >= 4 is 11.6 Å². The normalized spacial score (nSPS) is 14.4. The summed E-state index contributed by atoms with van der Waals surface area (Å²) in [6.45, 7) is 1.99. The number of nitrogens with one attached hydrogen (secondary N) is 1. The summed E-state index contributed by atoms with van der Waals surface area (Å²) in [5, 5.41) is 14.6. The summed E-state index contributed by atoms with van der Waals surface area (Å²) in [6, 6.07) is 9.85. The lowest BCUT2D eigenvalue weighted by Crippen LogP contribution is -2.46. The van der Waals surface area contributed by atoms with E-state index >= 15 is 0 Å². The number of para-hydroxylation sites is 1. The zero-order valence-corrected chi connectivity index (χ0v) is 16.6. The largest absolute Gasteiger partial charge is 0.435 e. The first-order valence-corrected chi connectivity index (χ1v) is 9.68. The van der Waals surface area contributed by atoms with Gasteiger partial charge in [-0.3, -0.25) is 14.9 Å². The van der Waals surface area contributed by atoms with Crippen LogP contribution in [0.25, 0.3) is 22.8 Å². The topological polar surface area (TPSA) is 102 Å². The number of nitro groups is 1. The lowest BCUT2D eigenvalue weighted by molar-refractivity contribution is -0.384. The van der Waals surface area contributed by atoms with E-state index in [0.29, 0.717) is 26.2 Å². The summed E-state index contributed by atoms with van der Waals surface area (Å²) in [5.74, 6) is -0.678. The Bertz CT molecular complexity index is 1150. The molecule has 1 aliphatic rings. The van der Waals surface area contributed by atoms with Crippen LogP contribution in [0.5, 0.6) is 0 Å². The molecule has 2 heterocycles. The molecule has 1 N–H and O–H groups in total. The Morgan fingerprint density at radius 3 is 2.38 bits per heavy atom. The van der Waals surface area contributed by atoms with E-state index in [2.05, 4.69) is 10.3 Å². The number of oxazole rings is 1. The molecule has 1 aliphatic heterocycles. The summed E-state index contributed by atoms with van der Waals surface area (Å²) in [5.41, 5.74) is -0.990. The van der Waals surface area contributed by atoms with Gasteiger partial charge in [0.15, 0.2) is 11.5 Å². The van der Waals surface area contributed by atoms with E-state index < -0.39 is 22.6 Å².